The quantitative estimate of drug-likeness (QED) is 0.461. The first-order valence-electron chi connectivity index (χ1n) is 9.12. The number of hydrogen-bond donors (Lipinski definition) is 0. The van der Waals surface area contributed by atoms with Crippen LogP contribution in [0, 0.1) is 12.8 Å². The summed E-state index contributed by atoms with van der Waals surface area (Å²) in [7, 11) is 0. The van der Waals surface area contributed by atoms with Crippen LogP contribution in [0.1, 0.15) is 50.7 Å². The van der Waals surface area contributed by atoms with Crippen LogP contribution in [0.25, 0.3) is 0 Å². The zero-order valence-electron chi connectivity index (χ0n) is 14.9. The Morgan fingerprint density at radius 3 is 2.82 bits per heavy atom. The van der Waals surface area contributed by atoms with E-state index in [1.54, 1.807) is 0 Å². The third-order valence-corrected chi connectivity index (χ3v) is 5.58. The third-order valence-electron chi connectivity index (χ3n) is 5.58. The Labute approximate surface area is 137 Å². The van der Waals surface area contributed by atoms with E-state index < -0.39 is 0 Å². The van der Waals surface area contributed by atoms with Crippen molar-refractivity contribution in [2.45, 2.75) is 58.9 Å². The molecule has 1 fully saturated rings. The van der Waals surface area contributed by atoms with Crippen LogP contribution in [-0.2, 0) is 6.42 Å². The molecule has 1 aromatic rings. The second-order valence-electron chi connectivity index (χ2n) is 7.40. The maximum absolute atomic E-state index is 4.03. The highest BCUT2D eigenvalue weighted by Crippen LogP contribution is 2.33. The zero-order chi connectivity index (χ0) is 16.0. The molecule has 1 aliphatic heterocycles. The molecule has 1 saturated heterocycles. The van der Waals surface area contributed by atoms with Gasteiger partial charge in [-0.3, -0.25) is 0 Å². The molecule has 122 valence electrons. The van der Waals surface area contributed by atoms with E-state index in [1.807, 2.05) is 0 Å². The van der Waals surface area contributed by atoms with E-state index in [2.05, 4.69) is 57.7 Å². The number of rotatable bonds is 8. The number of likely N-dealkylation sites (tertiary alicyclic amines) is 1. The van der Waals surface area contributed by atoms with Crippen LogP contribution in [-0.4, -0.2) is 30.2 Å². The van der Waals surface area contributed by atoms with E-state index in [1.165, 1.54) is 60.8 Å². The fourth-order valence-electron chi connectivity index (χ4n) is 4.53. The number of quaternary nitrogens is 1. The SMILES string of the molecule is C=CC[N+]1(CCC)CCCC1CC(C)Cc1ccccc1C. The fraction of sp³-hybridized carbons (Fsp3) is 0.619. The number of nitrogens with zero attached hydrogens (tertiary/aromatic N) is 1. The van der Waals surface area contributed by atoms with Gasteiger partial charge in [0.15, 0.2) is 0 Å². The van der Waals surface area contributed by atoms with E-state index >= 15 is 0 Å². The van der Waals surface area contributed by atoms with Gasteiger partial charge in [-0.2, -0.15) is 0 Å². The minimum absolute atomic E-state index is 0.767. The molecule has 0 bridgehead atoms. The molecule has 0 N–H and O–H groups in total. The summed E-state index contributed by atoms with van der Waals surface area (Å²) in [5.41, 5.74) is 2.98. The Balaban J connectivity index is 2.01. The number of aryl methyl sites for hydroxylation is 1. The van der Waals surface area contributed by atoms with Gasteiger partial charge in [-0.1, -0.05) is 44.7 Å². The van der Waals surface area contributed by atoms with Crippen molar-refractivity contribution in [1.29, 1.82) is 0 Å². The predicted octanol–water partition coefficient (Wildman–Crippen LogP) is 5.14. The zero-order valence-corrected chi connectivity index (χ0v) is 14.9. The van der Waals surface area contributed by atoms with Gasteiger partial charge in [-0.15, -0.1) is 0 Å². The molecule has 3 atom stereocenters. The van der Waals surface area contributed by atoms with Crippen LogP contribution in [0.4, 0.5) is 0 Å². The highest BCUT2D eigenvalue weighted by Gasteiger charge is 2.40. The van der Waals surface area contributed by atoms with Crippen molar-refractivity contribution in [1.82, 2.24) is 0 Å². The molecule has 0 amide bonds. The minimum atomic E-state index is 0.767. The summed E-state index contributed by atoms with van der Waals surface area (Å²) in [6.07, 6.45) is 8.84. The summed E-state index contributed by atoms with van der Waals surface area (Å²) in [6, 6.07) is 9.72. The topological polar surface area (TPSA) is 0 Å². The Bertz CT molecular complexity index is 479. The average molecular weight is 301 g/mol. The predicted molar refractivity (Wildman–Crippen MR) is 97.0 cm³/mol. The number of benzene rings is 1. The minimum Gasteiger partial charge on any atom is -0.318 e. The van der Waals surface area contributed by atoms with Gasteiger partial charge in [-0.05, 0) is 42.9 Å². The summed E-state index contributed by atoms with van der Waals surface area (Å²) in [4.78, 5) is 0. The van der Waals surface area contributed by atoms with Crippen molar-refractivity contribution >= 4 is 0 Å². The summed E-state index contributed by atoms with van der Waals surface area (Å²) >= 11 is 0. The second kappa shape index (κ2) is 7.97. The summed E-state index contributed by atoms with van der Waals surface area (Å²) in [6.45, 7) is 14.9. The van der Waals surface area contributed by atoms with E-state index in [4.69, 9.17) is 0 Å². The van der Waals surface area contributed by atoms with Gasteiger partial charge in [0.25, 0.3) is 0 Å². The summed E-state index contributed by atoms with van der Waals surface area (Å²) in [5, 5.41) is 0. The van der Waals surface area contributed by atoms with Crippen LogP contribution in [0.15, 0.2) is 36.9 Å². The van der Waals surface area contributed by atoms with Crippen LogP contribution in [0.3, 0.4) is 0 Å². The van der Waals surface area contributed by atoms with Crippen molar-refractivity contribution < 1.29 is 4.48 Å². The molecule has 1 aromatic carbocycles. The van der Waals surface area contributed by atoms with Crippen molar-refractivity contribution in [3.8, 4) is 0 Å². The lowest BCUT2D eigenvalue weighted by Crippen LogP contribution is -2.52. The normalized spacial score (nSPS) is 26.0. The monoisotopic (exact) mass is 300 g/mol. The summed E-state index contributed by atoms with van der Waals surface area (Å²) < 4.78 is 1.30. The van der Waals surface area contributed by atoms with E-state index in [-0.39, 0.29) is 0 Å². The highest BCUT2D eigenvalue weighted by molar-refractivity contribution is 5.25. The molecule has 3 unspecified atom stereocenters. The molecule has 0 spiro atoms. The first-order valence-corrected chi connectivity index (χ1v) is 9.12. The lowest BCUT2D eigenvalue weighted by atomic mass is 9.91. The Morgan fingerprint density at radius 2 is 2.14 bits per heavy atom. The Hall–Kier alpha value is -1.08. The molecule has 1 heteroatoms. The molecular weight excluding hydrogens is 266 g/mol. The molecule has 0 aromatic heterocycles. The van der Waals surface area contributed by atoms with Gasteiger partial charge in [0.05, 0.1) is 25.7 Å². The maximum atomic E-state index is 4.03. The molecule has 0 radical (unpaired) electrons. The lowest BCUT2D eigenvalue weighted by Gasteiger charge is -2.40. The van der Waals surface area contributed by atoms with Crippen LogP contribution in [0.5, 0.6) is 0 Å². The molecular formula is C21H34N+. The average Bonchev–Trinajstić information content (AvgIpc) is 2.85. The van der Waals surface area contributed by atoms with E-state index in [0.29, 0.717) is 0 Å². The van der Waals surface area contributed by atoms with Crippen molar-refractivity contribution in [2.24, 2.45) is 5.92 Å². The largest absolute Gasteiger partial charge is 0.318 e. The molecule has 1 nitrogen and oxygen atoms in total. The van der Waals surface area contributed by atoms with Gasteiger partial charge in [-0.25, -0.2) is 0 Å². The molecule has 1 heterocycles. The maximum Gasteiger partial charge on any atom is 0.0973 e. The van der Waals surface area contributed by atoms with E-state index in [0.717, 1.165) is 18.5 Å². The van der Waals surface area contributed by atoms with Gasteiger partial charge in [0, 0.05) is 19.3 Å². The highest BCUT2D eigenvalue weighted by atomic mass is 15.4. The van der Waals surface area contributed by atoms with Gasteiger partial charge < -0.3 is 4.48 Å². The van der Waals surface area contributed by atoms with Crippen molar-refractivity contribution in [2.75, 3.05) is 19.6 Å². The molecule has 0 saturated carbocycles. The van der Waals surface area contributed by atoms with Gasteiger partial charge in [0.2, 0.25) is 0 Å². The summed E-state index contributed by atoms with van der Waals surface area (Å²) in [5.74, 6) is 0.767. The van der Waals surface area contributed by atoms with Gasteiger partial charge in [0.1, 0.15) is 0 Å². The third kappa shape index (κ3) is 4.01. The first kappa shape index (κ1) is 17.3. The Morgan fingerprint density at radius 1 is 1.36 bits per heavy atom. The smallest absolute Gasteiger partial charge is 0.0973 e. The molecule has 22 heavy (non-hydrogen) atoms. The lowest BCUT2D eigenvalue weighted by molar-refractivity contribution is -0.934. The van der Waals surface area contributed by atoms with Crippen LogP contribution < -0.4 is 0 Å². The number of hydrogen-bond acceptors (Lipinski definition) is 0. The fourth-order valence-corrected chi connectivity index (χ4v) is 4.53. The standard InChI is InChI=1S/C21H34N/c1-5-13-22(14-6-2)15-9-12-21(22)17-18(3)16-20-11-8-7-10-19(20)4/h5,7-8,10-11,18,21H,1,6,9,12-17H2,2-4H3/q+1. The molecule has 2 rings (SSSR count). The second-order valence-corrected chi connectivity index (χ2v) is 7.40. The van der Waals surface area contributed by atoms with Crippen LogP contribution >= 0.6 is 0 Å². The van der Waals surface area contributed by atoms with Gasteiger partial charge >= 0.3 is 0 Å². The molecule has 0 aliphatic carbocycles. The van der Waals surface area contributed by atoms with Crippen molar-refractivity contribution in [3.05, 3.63) is 48.0 Å². The molecule has 1 aliphatic rings. The first-order chi connectivity index (χ1) is 10.6. The van der Waals surface area contributed by atoms with Crippen LogP contribution in [0.2, 0.25) is 0 Å². The van der Waals surface area contributed by atoms with Crippen molar-refractivity contribution in [3.63, 3.8) is 0 Å². The Kier molecular flexibility index (Phi) is 6.26. The van der Waals surface area contributed by atoms with E-state index in [9.17, 15) is 0 Å².